The van der Waals surface area contributed by atoms with Crippen molar-refractivity contribution in [2.75, 3.05) is 4.90 Å². The maximum absolute atomic E-state index is 10.6. The molecule has 4 rings (SSSR count). The third-order valence-electron chi connectivity index (χ3n) is 6.15. The van der Waals surface area contributed by atoms with Gasteiger partial charge in [0.1, 0.15) is 23.0 Å². The molecule has 5 heteroatoms. The molecule has 34 heavy (non-hydrogen) atoms. The number of hydrogen-bond acceptors (Lipinski definition) is 5. The van der Waals surface area contributed by atoms with E-state index in [1.54, 1.807) is 30.3 Å². The van der Waals surface area contributed by atoms with Crippen LogP contribution in [-0.4, -0.2) is 15.3 Å². The smallest absolute Gasteiger partial charge is 0.151 e. The van der Waals surface area contributed by atoms with Crippen molar-refractivity contribution in [1.82, 2.24) is 0 Å². The van der Waals surface area contributed by atoms with Crippen molar-refractivity contribution in [3.8, 4) is 28.7 Å². The number of benzene rings is 4. The van der Waals surface area contributed by atoms with Gasteiger partial charge in [0.15, 0.2) is 5.75 Å². The van der Waals surface area contributed by atoms with Crippen LogP contribution in [0.2, 0.25) is 0 Å². The van der Waals surface area contributed by atoms with E-state index in [1.807, 2.05) is 75.9 Å². The van der Waals surface area contributed by atoms with Crippen LogP contribution in [0.4, 0.5) is 17.1 Å². The van der Waals surface area contributed by atoms with Crippen LogP contribution in [0.5, 0.6) is 28.7 Å². The van der Waals surface area contributed by atoms with Gasteiger partial charge in [0, 0.05) is 17.2 Å². The molecule has 0 amide bonds. The van der Waals surface area contributed by atoms with Gasteiger partial charge < -0.3 is 25.0 Å². The molecule has 0 saturated heterocycles. The standard InChI is InChI=1S/C29H29NO4/c1-17-10-13-22(31)16-27(17)34-26-9-7-6-8-23(26)30(28-18(2)11-14-24(32)20(28)4)29-19(3)12-15-25(33)21(29)5/h6-16,31-33H,1-5H3. The lowest BCUT2D eigenvalue weighted by atomic mass is 10.0. The van der Waals surface area contributed by atoms with Gasteiger partial charge >= 0.3 is 0 Å². The number of hydrogen-bond donors (Lipinski definition) is 3. The highest BCUT2D eigenvalue weighted by Crippen LogP contribution is 2.48. The van der Waals surface area contributed by atoms with Crippen molar-refractivity contribution in [1.29, 1.82) is 0 Å². The van der Waals surface area contributed by atoms with E-state index >= 15 is 0 Å². The van der Waals surface area contributed by atoms with Crippen molar-refractivity contribution < 1.29 is 20.1 Å². The Morgan fingerprint density at radius 3 is 1.71 bits per heavy atom. The largest absolute Gasteiger partial charge is 0.508 e. The third-order valence-corrected chi connectivity index (χ3v) is 6.15. The fourth-order valence-electron chi connectivity index (χ4n) is 4.24. The lowest BCUT2D eigenvalue weighted by Crippen LogP contribution is -2.16. The first-order chi connectivity index (χ1) is 16.2. The molecule has 0 bridgehead atoms. The number of ether oxygens (including phenoxy) is 1. The first-order valence-corrected chi connectivity index (χ1v) is 11.1. The number of nitrogens with zero attached hydrogens (tertiary/aromatic N) is 1. The molecule has 174 valence electrons. The number of phenolic OH excluding ortho intramolecular Hbond substituents is 3. The second-order valence-corrected chi connectivity index (χ2v) is 8.61. The van der Waals surface area contributed by atoms with Crippen LogP contribution >= 0.6 is 0 Å². The van der Waals surface area contributed by atoms with E-state index in [0.717, 1.165) is 33.8 Å². The summed E-state index contributed by atoms with van der Waals surface area (Å²) in [6.45, 7) is 9.65. The Morgan fingerprint density at radius 1 is 0.588 bits per heavy atom. The fourth-order valence-corrected chi connectivity index (χ4v) is 4.24. The maximum atomic E-state index is 10.6. The van der Waals surface area contributed by atoms with Crippen molar-refractivity contribution >= 4 is 17.1 Å². The minimum atomic E-state index is 0.120. The molecule has 0 aliphatic heterocycles. The highest BCUT2D eigenvalue weighted by molar-refractivity contribution is 5.87. The van der Waals surface area contributed by atoms with Gasteiger partial charge in [-0.1, -0.05) is 30.3 Å². The molecule has 0 atom stereocenters. The number of phenols is 3. The maximum Gasteiger partial charge on any atom is 0.151 e. The number of rotatable bonds is 5. The van der Waals surface area contributed by atoms with Crippen molar-refractivity contribution in [3.63, 3.8) is 0 Å². The zero-order valence-corrected chi connectivity index (χ0v) is 20.0. The number of aromatic hydroxyl groups is 3. The van der Waals surface area contributed by atoms with Gasteiger partial charge in [-0.25, -0.2) is 0 Å². The second kappa shape index (κ2) is 9.02. The van der Waals surface area contributed by atoms with Crippen LogP contribution in [-0.2, 0) is 0 Å². The third kappa shape index (κ3) is 4.13. The molecule has 0 fully saturated rings. The van der Waals surface area contributed by atoms with Crippen molar-refractivity contribution in [2.24, 2.45) is 0 Å². The Bertz CT molecular complexity index is 1320. The van der Waals surface area contributed by atoms with Gasteiger partial charge in [0.25, 0.3) is 0 Å². The van der Waals surface area contributed by atoms with Gasteiger partial charge in [-0.15, -0.1) is 0 Å². The number of anilines is 3. The molecule has 5 nitrogen and oxygen atoms in total. The van der Waals surface area contributed by atoms with Crippen LogP contribution in [0.3, 0.4) is 0 Å². The van der Waals surface area contributed by atoms with Crippen LogP contribution < -0.4 is 9.64 Å². The average molecular weight is 456 g/mol. The lowest BCUT2D eigenvalue weighted by molar-refractivity contribution is 0.453. The molecular formula is C29H29NO4. The minimum absolute atomic E-state index is 0.120. The monoisotopic (exact) mass is 455 g/mol. The van der Waals surface area contributed by atoms with Gasteiger partial charge in [-0.2, -0.15) is 0 Å². The van der Waals surface area contributed by atoms with Crippen LogP contribution in [0.25, 0.3) is 0 Å². The van der Waals surface area contributed by atoms with Crippen LogP contribution in [0.15, 0.2) is 66.7 Å². The summed E-state index contributed by atoms with van der Waals surface area (Å²) in [6.07, 6.45) is 0. The average Bonchev–Trinajstić information content (AvgIpc) is 2.81. The molecule has 0 heterocycles. The summed E-state index contributed by atoms with van der Waals surface area (Å²) in [4.78, 5) is 2.03. The van der Waals surface area contributed by atoms with E-state index in [-0.39, 0.29) is 17.2 Å². The summed E-state index contributed by atoms with van der Waals surface area (Å²) in [6, 6.07) is 19.8. The minimum Gasteiger partial charge on any atom is -0.508 e. The summed E-state index contributed by atoms with van der Waals surface area (Å²) in [5, 5.41) is 31.2. The summed E-state index contributed by atoms with van der Waals surface area (Å²) in [5.41, 5.74) is 6.57. The number of para-hydroxylation sites is 2. The Morgan fingerprint density at radius 2 is 1.12 bits per heavy atom. The fraction of sp³-hybridized carbons (Fsp3) is 0.172. The Labute approximate surface area is 200 Å². The summed E-state index contributed by atoms with van der Waals surface area (Å²) in [7, 11) is 0. The highest BCUT2D eigenvalue weighted by Gasteiger charge is 2.25. The molecule has 4 aromatic rings. The molecule has 0 aliphatic rings. The molecule has 0 unspecified atom stereocenters. The Balaban J connectivity index is 2.02. The SMILES string of the molecule is Cc1ccc(O)cc1Oc1ccccc1N(c1c(C)ccc(O)c1C)c1c(C)ccc(O)c1C. The van der Waals surface area contributed by atoms with E-state index in [2.05, 4.69) is 0 Å². The van der Waals surface area contributed by atoms with E-state index in [4.69, 9.17) is 4.74 Å². The van der Waals surface area contributed by atoms with Gasteiger partial charge in [0.05, 0.1) is 17.1 Å². The van der Waals surface area contributed by atoms with Gasteiger partial charge in [-0.05, 0) is 81.6 Å². The van der Waals surface area contributed by atoms with E-state index in [0.29, 0.717) is 22.6 Å². The summed E-state index contributed by atoms with van der Waals surface area (Å²) < 4.78 is 6.34. The van der Waals surface area contributed by atoms with Crippen LogP contribution in [0.1, 0.15) is 27.8 Å². The molecule has 4 aromatic carbocycles. The molecule has 0 aliphatic carbocycles. The molecule has 3 N–H and O–H groups in total. The lowest BCUT2D eigenvalue weighted by Gasteiger charge is -2.32. The first kappa shape index (κ1) is 23.1. The summed E-state index contributed by atoms with van der Waals surface area (Å²) >= 11 is 0. The van der Waals surface area contributed by atoms with E-state index < -0.39 is 0 Å². The highest BCUT2D eigenvalue weighted by atomic mass is 16.5. The summed E-state index contributed by atoms with van der Waals surface area (Å²) in [5.74, 6) is 1.60. The molecule has 0 saturated carbocycles. The van der Waals surface area contributed by atoms with E-state index in [1.165, 1.54) is 0 Å². The molecule has 0 aromatic heterocycles. The van der Waals surface area contributed by atoms with Crippen LogP contribution in [0, 0.1) is 34.6 Å². The zero-order valence-electron chi connectivity index (χ0n) is 20.0. The van der Waals surface area contributed by atoms with Crippen molar-refractivity contribution in [3.05, 3.63) is 94.5 Å². The normalized spacial score (nSPS) is 10.9. The predicted molar refractivity (Wildman–Crippen MR) is 136 cm³/mol. The number of aryl methyl sites for hydroxylation is 3. The van der Waals surface area contributed by atoms with Crippen molar-refractivity contribution in [2.45, 2.75) is 34.6 Å². The van der Waals surface area contributed by atoms with E-state index in [9.17, 15) is 15.3 Å². The Kier molecular flexibility index (Phi) is 6.12. The second-order valence-electron chi connectivity index (χ2n) is 8.61. The Hall–Kier alpha value is -4.12. The van der Waals surface area contributed by atoms with Gasteiger partial charge in [-0.3, -0.25) is 0 Å². The zero-order chi connectivity index (χ0) is 24.6. The predicted octanol–water partition coefficient (Wildman–Crippen LogP) is 7.61. The first-order valence-electron chi connectivity index (χ1n) is 11.1. The van der Waals surface area contributed by atoms with Gasteiger partial charge in [0.2, 0.25) is 0 Å². The quantitative estimate of drug-likeness (QED) is 0.289. The molecule has 0 radical (unpaired) electrons. The molecule has 0 spiro atoms. The topological polar surface area (TPSA) is 73.2 Å². The molecular weight excluding hydrogens is 426 g/mol.